The molecule has 1 aliphatic carbocycles. The molecule has 0 bridgehead atoms. The molecular weight excluding hydrogens is 268 g/mol. The summed E-state index contributed by atoms with van der Waals surface area (Å²) in [6, 6.07) is 11.7. The zero-order valence-electron chi connectivity index (χ0n) is 11.4. The quantitative estimate of drug-likeness (QED) is 0.742. The van der Waals surface area contributed by atoms with Gasteiger partial charge in [-0.2, -0.15) is 0 Å². The molecule has 1 heterocycles. The van der Waals surface area contributed by atoms with Crippen molar-refractivity contribution in [3.8, 4) is 0 Å². The lowest BCUT2D eigenvalue weighted by molar-refractivity contribution is 0.419. The summed E-state index contributed by atoms with van der Waals surface area (Å²) in [4.78, 5) is 0. The molecule has 1 N–H and O–H groups in total. The largest absolute Gasteiger partial charge is 0.375 e. The molecule has 2 aliphatic rings. The van der Waals surface area contributed by atoms with Crippen molar-refractivity contribution in [2.75, 3.05) is 5.32 Å². The number of nitrogens with one attached hydrogen (secondary N) is 1. The number of fused-ring (bicyclic) bond motifs is 3. The highest BCUT2D eigenvalue weighted by atomic mass is 19.1. The van der Waals surface area contributed by atoms with Crippen LogP contribution in [0.25, 0.3) is 0 Å². The van der Waals surface area contributed by atoms with Gasteiger partial charge in [0.1, 0.15) is 11.6 Å². The molecule has 0 saturated heterocycles. The van der Waals surface area contributed by atoms with E-state index in [1.54, 1.807) is 18.2 Å². The van der Waals surface area contributed by atoms with E-state index in [-0.39, 0.29) is 23.6 Å². The molecule has 3 heteroatoms. The zero-order valence-corrected chi connectivity index (χ0v) is 11.4. The molecule has 0 spiro atoms. The fourth-order valence-corrected chi connectivity index (χ4v) is 3.61. The van der Waals surface area contributed by atoms with Gasteiger partial charge in [0.05, 0.1) is 11.7 Å². The number of anilines is 1. The second-order valence-electron chi connectivity index (χ2n) is 5.73. The molecule has 2 aromatic carbocycles. The minimum Gasteiger partial charge on any atom is -0.375 e. The van der Waals surface area contributed by atoms with E-state index in [0.717, 1.165) is 17.5 Å². The van der Waals surface area contributed by atoms with Crippen LogP contribution in [0.2, 0.25) is 0 Å². The third-order valence-electron chi connectivity index (χ3n) is 4.55. The first-order chi connectivity index (χ1) is 10.2. The van der Waals surface area contributed by atoms with E-state index in [4.69, 9.17) is 0 Å². The van der Waals surface area contributed by atoms with Crippen LogP contribution in [0.3, 0.4) is 0 Å². The van der Waals surface area contributed by atoms with Crippen molar-refractivity contribution in [1.29, 1.82) is 0 Å². The minimum absolute atomic E-state index is 0.0647. The number of rotatable bonds is 1. The van der Waals surface area contributed by atoms with Crippen LogP contribution in [0.1, 0.15) is 29.5 Å². The second kappa shape index (κ2) is 4.69. The van der Waals surface area contributed by atoms with Gasteiger partial charge in [-0.25, -0.2) is 8.78 Å². The maximum absolute atomic E-state index is 14.1. The van der Waals surface area contributed by atoms with Crippen molar-refractivity contribution in [3.05, 3.63) is 77.4 Å². The first kappa shape index (κ1) is 12.6. The van der Waals surface area contributed by atoms with Crippen LogP contribution in [-0.2, 0) is 0 Å². The molecule has 21 heavy (non-hydrogen) atoms. The molecule has 4 rings (SSSR count). The van der Waals surface area contributed by atoms with Crippen LogP contribution in [0.5, 0.6) is 0 Å². The maximum atomic E-state index is 14.1. The van der Waals surface area contributed by atoms with Gasteiger partial charge in [0, 0.05) is 5.92 Å². The average Bonchev–Trinajstić information content (AvgIpc) is 2.96. The predicted octanol–water partition coefficient (Wildman–Crippen LogP) is 4.79. The van der Waals surface area contributed by atoms with Gasteiger partial charge in [-0.3, -0.25) is 0 Å². The highest BCUT2D eigenvalue weighted by Crippen LogP contribution is 2.50. The molecule has 106 valence electrons. The Hall–Kier alpha value is -2.16. The van der Waals surface area contributed by atoms with Gasteiger partial charge in [0.2, 0.25) is 0 Å². The van der Waals surface area contributed by atoms with Crippen molar-refractivity contribution in [2.45, 2.75) is 18.4 Å². The highest BCUT2D eigenvalue weighted by Gasteiger charge is 2.38. The van der Waals surface area contributed by atoms with E-state index >= 15 is 0 Å². The number of hydrogen-bond acceptors (Lipinski definition) is 1. The molecule has 0 amide bonds. The third kappa shape index (κ3) is 1.96. The van der Waals surface area contributed by atoms with Crippen LogP contribution >= 0.6 is 0 Å². The molecule has 1 aliphatic heterocycles. The van der Waals surface area contributed by atoms with Gasteiger partial charge < -0.3 is 5.32 Å². The highest BCUT2D eigenvalue weighted by molar-refractivity contribution is 5.60. The fraction of sp³-hybridized carbons (Fsp3) is 0.222. The summed E-state index contributed by atoms with van der Waals surface area (Å²) in [6.07, 6.45) is 5.22. The Kier molecular flexibility index (Phi) is 2.81. The summed E-state index contributed by atoms with van der Waals surface area (Å²) in [7, 11) is 0. The van der Waals surface area contributed by atoms with Crippen molar-refractivity contribution in [3.63, 3.8) is 0 Å². The number of allylic oxidation sites excluding steroid dienone is 2. The summed E-state index contributed by atoms with van der Waals surface area (Å²) in [5.41, 5.74) is 2.43. The van der Waals surface area contributed by atoms with Crippen LogP contribution in [0, 0.1) is 17.6 Å². The molecule has 0 aromatic heterocycles. The van der Waals surface area contributed by atoms with Crippen LogP contribution in [0.4, 0.5) is 14.5 Å². The molecule has 0 saturated carbocycles. The molecule has 1 nitrogen and oxygen atoms in total. The number of halogens is 2. The van der Waals surface area contributed by atoms with Crippen molar-refractivity contribution < 1.29 is 8.78 Å². The molecule has 0 radical (unpaired) electrons. The van der Waals surface area contributed by atoms with Crippen LogP contribution < -0.4 is 5.32 Å². The Labute approximate surface area is 122 Å². The van der Waals surface area contributed by atoms with Gasteiger partial charge in [0.15, 0.2) is 0 Å². The Morgan fingerprint density at radius 2 is 1.90 bits per heavy atom. The summed E-state index contributed by atoms with van der Waals surface area (Å²) >= 11 is 0. The van der Waals surface area contributed by atoms with Crippen molar-refractivity contribution in [2.24, 2.45) is 5.92 Å². The summed E-state index contributed by atoms with van der Waals surface area (Å²) in [5.74, 6) is 0.00936. The topological polar surface area (TPSA) is 12.0 Å². The predicted molar refractivity (Wildman–Crippen MR) is 79.2 cm³/mol. The standard InChI is InChI=1S/C18H15F2N/c19-12-5-1-4-11(10-12)17-14-7-2-6-13(14)15-8-3-9-16(20)18(15)21-17/h1-6,8-10,13-14,17,21H,7H2/t13-,14+,17+/m1/s1. The smallest absolute Gasteiger partial charge is 0.146 e. The van der Waals surface area contributed by atoms with Gasteiger partial charge in [-0.15, -0.1) is 0 Å². The Bertz CT molecular complexity index is 723. The first-order valence-electron chi connectivity index (χ1n) is 7.21. The number of hydrogen-bond donors (Lipinski definition) is 1. The second-order valence-corrected chi connectivity index (χ2v) is 5.73. The monoisotopic (exact) mass is 283 g/mol. The lowest BCUT2D eigenvalue weighted by Gasteiger charge is -2.37. The number of benzene rings is 2. The lowest BCUT2D eigenvalue weighted by atomic mass is 9.77. The van der Waals surface area contributed by atoms with Crippen molar-refractivity contribution in [1.82, 2.24) is 0 Å². The Morgan fingerprint density at radius 3 is 2.76 bits per heavy atom. The van der Waals surface area contributed by atoms with Gasteiger partial charge in [-0.05, 0) is 41.7 Å². The molecule has 2 aromatic rings. The lowest BCUT2D eigenvalue weighted by Crippen LogP contribution is -2.29. The van der Waals surface area contributed by atoms with Gasteiger partial charge in [0.25, 0.3) is 0 Å². The molecule has 3 atom stereocenters. The minimum atomic E-state index is -0.254. The number of para-hydroxylation sites is 1. The first-order valence-corrected chi connectivity index (χ1v) is 7.21. The van der Waals surface area contributed by atoms with E-state index < -0.39 is 0 Å². The van der Waals surface area contributed by atoms with Crippen molar-refractivity contribution >= 4 is 5.69 Å². The van der Waals surface area contributed by atoms with E-state index in [0.29, 0.717) is 11.6 Å². The normalized spacial score (nSPS) is 26.1. The van der Waals surface area contributed by atoms with Crippen LogP contribution in [-0.4, -0.2) is 0 Å². The summed E-state index contributed by atoms with van der Waals surface area (Å²) in [6.45, 7) is 0. The molecular formula is C18H15F2N. The van der Waals surface area contributed by atoms with E-state index in [2.05, 4.69) is 17.5 Å². The fourth-order valence-electron chi connectivity index (χ4n) is 3.61. The van der Waals surface area contributed by atoms with E-state index in [9.17, 15) is 8.78 Å². The average molecular weight is 283 g/mol. The molecule has 0 fully saturated rings. The zero-order chi connectivity index (χ0) is 14.4. The third-order valence-corrected chi connectivity index (χ3v) is 4.55. The van der Waals surface area contributed by atoms with Gasteiger partial charge >= 0.3 is 0 Å². The summed E-state index contributed by atoms with van der Waals surface area (Å²) < 4.78 is 27.7. The Morgan fingerprint density at radius 1 is 1.05 bits per heavy atom. The SMILES string of the molecule is Fc1cccc([C@@H]2Nc3c(F)cccc3[C@@H]3C=CC[C@@H]32)c1. The maximum Gasteiger partial charge on any atom is 0.146 e. The van der Waals surface area contributed by atoms with E-state index in [1.807, 2.05) is 12.1 Å². The summed E-state index contributed by atoms with van der Waals surface area (Å²) in [5, 5.41) is 3.30. The van der Waals surface area contributed by atoms with Crippen LogP contribution in [0.15, 0.2) is 54.6 Å². The van der Waals surface area contributed by atoms with Gasteiger partial charge in [-0.1, -0.05) is 36.4 Å². The Balaban J connectivity index is 1.83. The molecule has 0 unspecified atom stereocenters. The van der Waals surface area contributed by atoms with E-state index in [1.165, 1.54) is 12.1 Å².